The van der Waals surface area contributed by atoms with Crippen LogP contribution in [0.1, 0.15) is 69.9 Å². The summed E-state index contributed by atoms with van der Waals surface area (Å²) >= 11 is 12.6. The molecule has 3 atom stereocenters. The second-order valence-electron chi connectivity index (χ2n) is 9.30. The number of alkyl halides is 1. The first kappa shape index (κ1) is 21.8. The smallest absolute Gasteiger partial charge is 0.223 e. The van der Waals surface area contributed by atoms with Crippen molar-refractivity contribution in [2.24, 2.45) is 11.3 Å². The highest BCUT2D eigenvalue weighted by Crippen LogP contribution is 2.64. The molecule has 0 saturated heterocycles. The third kappa shape index (κ3) is 3.93. The van der Waals surface area contributed by atoms with Crippen molar-refractivity contribution < 1.29 is 18.4 Å². The van der Waals surface area contributed by atoms with E-state index < -0.39 is 22.9 Å². The van der Waals surface area contributed by atoms with Crippen LogP contribution in [0.3, 0.4) is 0 Å². The van der Waals surface area contributed by atoms with Crippen LogP contribution in [0.5, 0.6) is 0 Å². The van der Waals surface area contributed by atoms with E-state index in [-0.39, 0.29) is 45.8 Å². The van der Waals surface area contributed by atoms with Crippen LogP contribution in [0, 0.1) is 17.2 Å². The summed E-state index contributed by atoms with van der Waals surface area (Å²) in [4.78, 5) is 24.5. The van der Waals surface area contributed by atoms with Crippen molar-refractivity contribution in [2.75, 3.05) is 0 Å². The molecule has 164 valence electrons. The van der Waals surface area contributed by atoms with E-state index >= 15 is 0 Å². The first-order valence-corrected chi connectivity index (χ1v) is 11.3. The number of hydrogen-bond acceptors (Lipinski definition) is 2. The molecule has 0 spiro atoms. The van der Waals surface area contributed by atoms with E-state index in [9.17, 15) is 18.4 Å². The number of hydrogen-bond donors (Lipinski definition) is 2. The average Bonchev–Trinajstić information content (AvgIpc) is 3.37. The summed E-state index contributed by atoms with van der Waals surface area (Å²) in [7, 11) is 0. The number of rotatable bonds is 5. The van der Waals surface area contributed by atoms with E-state index in [2.05, 4.69) is 10.6 Å². The molecule has 3 saturated carbocycles. The van der Waals surface area contributed by atoms with Crippen molar-refractivity contribution in [3.05, 3.63) is 33.6 Å². The monoisotopic (exact) mass is 458 g/mol. The van der Waals surface area contributed by atoms with Gasteiger partial charge in [-0.3, -0.25) is 9.59 Å². The quantitative estimate of drug-likeness (QED) is 0.590. The van der Waals surface area contributed by atoms with Crippen LogP contribution in [0.25, 0.3) is 0 Å². The Balaban J connectivity index is 1.62. The summed E-state index contributed by atoms with van der Waals surface area (Å²) in [5, 5.41) is 6.17. The number of nitrogens with one attached hydrogen (secondary N) is 2. The fourth-order valence-corrected chi connectivity index (χ4v) is 6.24. The maximum atomic E-state index is 15.0. The number of carbonyl (C=O) groups excluding carboxylic acids is 2. The molecule has 1 aromatic rings. The van der Waals surface area contributed by atoms with Crippen LogP contribution in [-0.4, -0.2) is 23.5 Å². The van der Waals surface area contributed by atoms with Gasteiger partial charge in [-0.25, -0.2) is 8.78 Å². The predicted octanol–water partition coefficient (Wildman–Crippen LogP) is 5.27. The average molecular weight is 459 g/mol. The molecule has 8 heteroatoms. The topological polar surface area (TPSA) is 58.2 Å². The molecule has 0 unspecified atom stereocenters. The molecule has 0 aliphatic heterocycles. The molecule has 2 bridgehead atoms. The number of benzene rings is 1. The largest absolute Gasteiger partial charge is 0.354 e. The highest BCUT2D eigenvalue weighted by atomic mass is 35.5. The Hall–Kier alpha value is -1.40. The van der Waals surface area contributed by atoms with Gasteiger partial charge in [0.15, 0.2) is 0 Å². The number of amides is 2. The van der Waals surface area contributed by atoms with Crippen molar-refractivity contribution in [3.63, 3.8) is 0 Å². The molecule has 3 aliphatic rings. The first-order valence-electron chi connectivity index (χ1n) is 10.5. The lowest BCUT2D eigenvalue weighted by molar-refractivity contribution is -0.127. The molecular weight excluding hydrogens is 433 g/mol. The van der Waals surface area contributed by atoms with Crippen LogP contribution < -0.4 is 10.6 Å². The van der Waals surface area contributed by atoms with Crippen LogP contribution in [0.4, 0.5) is 8.78 Å². The Kier molecular flexibility index (Phi) is 5.77. The third-order valence-electron chi connectivity index (χ3n) is 7.29. The Morgan fingerprint density at radius 1 is 1.17 bits per heavy atom. The Bertz CT molecular complexity index is 871. The van der Waals surface area contributed by atoms with Gasteiger partial charge in [0.05, 0.1) is 16.1 Å². The van der Waals surface area contributed by atoms with Crippen LogP contribution in [0.15, 0.2) is 12.1 Å². The molecular formula is C22H26Cl2F2N2O2. The number of halogens is 4. The first-order chi connectivity index (χ1) is 14.1. The SMILES string of the molecule is CC(=O)N[C@@H]1CC[C@@H](C(=O)N[C@H](c2c(F)ccc(Cl)c2Cl)C23CCC(F)(CC2)C3)C1. The fourth-order valence-electron chi connectivity index (χ4n) is 5.81. The van der Waals surface area contributed by atoms with Gasteiger partial charge in [-0.15, -0.1) is 0 Å². The van der Waals surface area contributed by atoms with Gasteiger partial charge >= 0.3 is 0 Å². The summed E-state index contributed by atoms with van der Waals surface area (Å²) in [6.45, 7) is 1.45. The summed E-state index contributed by atoms with van der Waals surface area (Å²) in [5.74, 6) is -1.17. The Labute approximate surface area is 185 Å². The number of carbonyl (C=O) groups is 2. The minimum absolute atomic E-state index is 0.0437. The van der Waals surface area contributed by atoms with Gasteiger partial charge in [0.25, 0.3) is 0 Å². The van der Waals surface area contributed by atoms with Gasteiger partial charge in [-0.05, 0) is 68.9 Å². The van der Waals surface area contributed by atoms with Gasteiger partial charge in [-0.1, -0.05) is 23.2 Å². The third-order valence-corrected chi connectivity index (χ3v) is 8.11. The van der Waals surface area contributed by atoms with E-state index in [1.807, 2.05) is 0 Å². The Morgan fingerprint density at radius 3 is 2.47 bits per heavy atom. The van der Waals surface area contributed by atoms with E-state index in [4.69, 9.17) is 23.2 Å². The van der Waals surface area contributed by atoms with Gasteiger partial charge in [0.2, 0.25) is 11.8 Å². The minimum atomic E-state index is -1.26. The van der Waals surface area contributed by atoms with Crippen LogP contribution in [0.2, 0.25) is 10.0 Å². The second kappa shape index (κ2) is 7.94. The summed E-state index contributed by atoms with van der Waals surface area (Å²) < 4.78 is 29.9. The van der Waals surface area contributed by atoms with Crippen molar-refractivity contribution in [1.29, 1.82) is 0 Å². The van der Waals surface area contributed by atoms with Crippen molar-refractivity contribution in [2.45, 2.75) is 76.0 Å². The summed E-state index contributed by atoms with van der Waals surface area (Å²) in [5.41, 5.74) is -1.68. The molecule has 4 nitrogen and oxygen atoms in total. The zero-order chi connectivity index (χ0) is 21.7. The maximum Gasteiger partial charge on any atom is 0.223 e. The molecule has 0 heterocycles. The lowest BCUT2D eigenvalue weighted by atomic mass is 9.74. The van der Waals surface area contributed by atoms with Crippen LogP contribution in [-0.2, 0) is 9.59 Å². The lowest BCUT2D eigenvalue weighted by Gasteiger charge is -2.38. The minimum Gasteiger partial charge on any atom is -0.354 e. The highest BCUT2D eigenvalue weighted by Gasteiger charge is 2.59. The lowest BCUT2D eigenvalue weighted by Crippen LogP contribution is -2.42. The Morgan fingerprint density at radius 2 is 1.87 bits per heavy atom. The van der Waals surface area contributed by atoms with E-state index in [1.54, 1.807) is 0 Å². The summed E-state index contributed by atoms with van der Waals surface area (Å²) in [6, 6.07) is 1.85. The molecule has 2 amide bonds. The summed E-state index contributed by atoms with van der Waals surface area (Å²) in [6.07, 6.45) is 4.12. The van der Waals surface area contributed by atoms with Crippen molar-refractivity contribution in [3.8, 4) is 0 Å². The van der Waals surface area contributed by atoms with Crippen molar-refractivity contribution >= 4 is 35.0 Å². The van der Waals surface area contributed by atoms with E-state index in [0.717, 1.165) is 0 Å². The molecule has 0 radical (unpaired) electrons. The second-order valence-corrected chi connectivity index (χ2v) is 10.1. The molecule has 3 fully saturated rings. The van der Waals surface area contributed by atoms with Gasteiger partial charge in [-0.2, -0.15) is 0 Å². The molecule has 0 aromatic heterocycles. The molecule has 2 N–H and O–H groups in total. The van der Waals surface area contributed by atoms with E-state index in [1.165, 1.54) is 19.1 Å². The molecule has 30 heavy (non-hydrogen) atoms. The van der Waals surface area contributed by atoms with Crippen molar-refractivity contribution in [1.82, 2.24) is 10.6 Å². The fraction of sp³-hybridized carbons (Fsp3) is 0.636. The molecule has 4 rings (SSSR count). The zero-order valence-electron chi connectivity index (χ0n) is 16.9. The van der Waals surface area contributed by atoms with Crippen LogP contribution >= 0.6 is 23.2 Å². The normalized spacial score (nSPS) is 33.5. The highest BCUT2D eigenvalue weighted by molar-refractivity contribution is 6.42. The maximum absolute atomic E-state index is 15.0. The zero-order valence-corrected chi connectivity index (χ0v) is 18.4. The van der Waals surface area contributed by atoms with Gasteiger partial charge in [0, 0.05) is 24.4 Å². The standard InChI is InChI=1S/C22H26Cl2F2N2O2/c1-12(29)27-14-3-2-13(10-14)20(30)28-19(17-16(25)5-4-15(23)18(17)24)21-6-8-22(26,11-21)9-7-21/h4-5,13-14,19H,2-3,6-11H2,1H3,(H,27,29)(H,28,30)/t13-,14-,19-,21?,22?/m1/s1. The molecule has 1 aromatic carbocycles. The molecule has 3 aliphatic carbocycles. The number of fused-ring (bicyclic) bond motifs is 2. The van der Waals surface area contributed by atoms with E-state index in [0.29, 0.717) is 44.9 Å². The predicted molar refractivity (Wildman–Crippen MR) is 112 cm³/mol. The van der Waals surface area contributed by atoms with Gasteiger partial charge in [0.1, 0.15) is 11.5 Å². The van der Waals surface area contributed by atoms with Gasteiger partial charge < -0.3 is 10.6 Å².